The molecule has 0 aromatic heterocycles. The zero-order valence-corrected chi connectivity index (χ0v) is 13.6. The molecule has 0 radical (unpaired) electrons. The van der Waals surface area contributed by atoms with Crippen molar-refractivity contribution in [3.8, 4) is 0 Å². The van der Waals surface area contributed by atoms with Crippen molar-refractivity contribution in [2.24, 2.45) is 11.8 Å². The maximum Gasteiger partial charge on any atom is 0.228 e. The number of rotatable bonds is 4. The van der Waals surface area contributed by atoms with Gasteiger partial charge in [0.1, 0.15) is 0 Å². The van der Waals surface area contributed by atoms with Crippen LogP contribution in [0.3, 0.4) is 0 Å². The summed E-state index contributed by atoms with van der Waals surface area (Å²) < 4.78 is 0. The summed E-state index contributed by atoms with van der Waals surface area (Å²) in [5.74, 6) is 0.574. The van der Waals surface area contributed by atoms with Crippen molar-refractivity contribution >= 4 is 11.8 Å². The Morgan fingerprint density at radius 1 is 1.27 bits per heavy atom. The lowest BCUT2D eigenvalue weighted by Gasteiger charge is -2.28. The second kappa shape index (κ2) is 5.75. The molecule has 1 saturated heterocycles. The topological polar surface area (TPSA) is 40.6 Å². The Morgan fingerprint density at radius 3 is 2.50 bits per heavy atom. The average molecular weight is 300 g/mol. The molecule has 1 aliphatic heterocycles. The van der Waals surface area contributed by atoms with Gasteiger partial charge in [0.05, 0.1) is 12.0 Å². The van der Waals surface area contributed by atoms with Crippen molar-refractivity contribution in [3.63, 3.8) is 0 Å². The molecule has 1 aromatic carbocycles. The van der Waals surface area contributed by atoms with E-state index in [0.717, 1.165) is 12.1 Å². The highest BCUT2D eigenvalue weighted by atomic mass is 16.2. The fourth-order valence-corrected chi connectivity index (χ4v) is 3.37. The lowest BCUT2D eigenvalue weighted by molar-refractivity contribution is -0.135. The molecule has 2 unspecified atom stereocenters. The van der Waals surface area contributed by atoms with Gasteiger partial charge in [-0.15, -0.1) is 0 Å². The predicted octanol–water partition coefficient (Wildman–Crippen LogP) is 2.38. The normalized spacial score (nSPS) is 24.7. The van der Waals surface area contributed by atoms with Gasteiger partial charge in [0.2, 0.25) is 11.8 Å². The summed E-state index contributed by atoms with van der Waals surface area (Å²) in [5.41, 5.74) is 2.24. The second-order valence-electron chi connectivity index (χ2n) is 6.83. The summed E-state index contributed by atoms with van der Waals surface area (Å²) in [7, 11) is 3.68. The minimum atomic E-state index is -0.260. The Labute approximate surface area is 132 Å². The van der Waals surface area contributed by atoms with E-state index in [1.165, 1.54) is 18.4 Å². The number of amides is 2. The van der Waals surface area contributed by atoms with E-state index in [-0.39, 0.29) is 23.8 Å². The highest BCUT2D eigenvalue weighted by molar-refractivity contribution is 5.90. The third kappa shape index (κ3) is 2.87. The number of hydrogen-bond donors (Lipinski definition) is 0. The Kier molecular flexibility index (Phi) is 3.94. The highest BCUT2D eigenvalue weighted by Crippen LogP contribution is 2.38. The Balaban J connectivity index is 1.82. The fourth-order valence-electron chi connectivity index (χ4n) is 3.37. The number of aryl methyl sites for hydroxylation is 1. The van der Waals surface area contributed by atoms with E-state index in [1.54, 1.807) is 11.9 Å². The number of carbonyl (C=O) groups is 2. The first-order valence-electron chi connectivity index (χ1n) is 8.04. The number of benzene rings is 1. The van der Waals surface area contributed by atoms with Crippen molar-refractivity contribution in [2.75, 3.05) is 20.6 Å². The summed E-state index contributed by atoms with van der Waals surface area (Å²) in [6.45, 7) is 2.87. The SMILES string of the molecule is Cc1ccc(C2C(C(=O)N(C)CC3CC3)CC(=O)N2C)cc1. The van der Waals surface area contributed by atoms with Gasteiger partial charge in [-0.05, 0) is 31.2 Å². The van der Waals surface area contributed by atoms with Gasteiger partial charge in [-0.25, -0.2) is 0 Å². The molecule has 2 aliphatic rings. The summed E-state index contributed by atoms with van der Waals surface area (Å²) in [4.78, 5) is 28.5. The van der Waals surface area contributed by atoms with Gasteiger partial charge in [-0.1, -0.05) is 29.8 Å². The van der Waals surface area contributed by atoms with Crippen LogP contribution < -0.4 is 0 Å². The van der Waals surface area contributed by atoms with Crippen LogP contribution in [-0.2, 0) is 9.59 Å². The summed E-state index contributed by atoms with van der Waals surface area (Å²) in [6.07, 6.45) is 2.77. The van der Waals surface area contributed by atoms with Crippen LogP contribution in [0.15, 0.2) is 24.3 Å². The molecular weight excluding hydrogens is 276 g/mol. The molecule has 0 spiro atoms. The molecular formula is C18H24N2O2. The van der Waals surface area contributed by atoms with Gasteiger partial charge in [0.15, 0.2) is 0 Å². The molecule has 0 bridgehead atoms. The lowest BCUT2D eigenvalue weighted by atomic mass is 9.92. The van der Waals surface area contributed by atoms with E-state index in [2.05, 4.69) is 0 Å². The number of carbonyl (C=O) groups excluding carboxylic acids is 2. The fraction of sp³-hybridized carbons (Fsp3) is 0.556. The molecule has 2 atom stereocenters. The van der Waals surface area contributed by atoms with Crippen LogP contribution in [0.4, 0.5) is 0 Å². The van der Waals surface area contributed by atoms with Crippen LogP contribution in [0.1, 0.15) is 36.4 Å². The Bertz CT molecular complexity index is 577. The first-order chi connectivity index (χ1) is 10.5. The van der Waals surface area contributed by atoms with Gasteiger partial charge in [0.25, 0.3) is 0 Å². The van der Waals surface area contributed by atoms with Gasteiger partial charge in [-0.2, -0.15) is 0 Å². The van der Waals surface area contributed by atoms with Crippen molar-refractivity contribution in [1.82, 2.24) is 9.80 Å². The van der Waals surface area contributed by atoms with Gasteiger partial charge in [-0.3, -0.25) is 9.59 Å². The van der Waals surface area contributed by atoms with Crippen LogP contribution in [0.2, 0.25) is 0 Å². The maximum absolute atomic E-state index is 12.8. The largest absolute Gasteiger partial charge is 0.345 e. The van der Waals surface area contributed by atoms with Crippen molar-refractivity contribution in [2.45, 2.75) is 32.2 Å². The molecule has 3 rings (SSSR count). The van der Waals surface area contributed by atoms with Crippen molar-refractivity contribution in [3.05, 3.63) is 35.4 Å². The molecule has 4 heteroatoms. The third-order valence-electron chi connectivity index (χ3n) is 4.93. The molecule has 0 N–H and O–H groups in total. The standard InChI is InChI=1S/C18H24N2O2/c1-12-4-8-14(9-5-12)17-15(10-16(21)20(17)3)18(22)19(2)11-13-6-7-13/h4-5,8-9,13,15,17H,6-7,10-11H2,1-3H3. The lowest BCUT2D eigenvalue weighted by Crippen LogP contribution is -2.37. The van der Waals surface area contributed by atoms with Crippen LogP contribution in [0.5, 0.6) is 0 Å². The Morgan fingerprint density at radius 2 is 1.91 bits per heavy atom. The number of likely N-dealkylation sites (tertiary alicyclic amines) is 1. The zero-order chi connectivity index (χ0) is 15.9. The van der Waals surface area contributed by atoms with Gasteiger partial charge >= 0.3 is 0 Å². The van der Waals surface area contributed by atoms with Crippen LogP contribution in [0.25, 0.3) is 0 Å². The molecule has 1 aliphatic carbocycles. The van der Waals surface area contributed by atoms with Crippen molar-refractivity contribution < 1.29 is 9.59 Å². The average Bonchev–Trinajstić information content (AvgIpc) is 3.26. The molecule has 1 aromatic rings. The Hall–Kier alpha value is -1.84. The third-order valence-corrected chi connectivity index (χ3v) is 4.93. The van der Waals surface area contributed by atoms with E-state index in [9.17, 15) is 9.59 Å². The van der Waals surface area contributed by atoms with E-state index in [4.69, 9.17) is 0 Å². The predicted molar refractivity (Wildman–Crippen MR) is 85.2 cm³/mol. The molecule has 4 nitrogen and oxygen atoms in total. The molecule has 22 heavy (non-hydrogen) atoms. The quantitative estimate of drug-likeness (QED) is 0.856. The van der Waals surface area contributed by atoms with E-state index in [0.29, 0.717) is 12.3 Å². The molecule has 1 saturated carbocycles. The van der Waals surface area contributed by atoms with Crippen LogP contribution >= 0.6 is 0 Å². The number of hydrogen-bond acceptors (Lipinski definition) is 2. The molecule has 118 valence electrons. The maximum atomic E-state index is 12.8. The van der Waals surface area contributed by atoms with Crippen LogP contribution in [-0.4, -0.2) is 42.3 Å². The van der Waals surface area contributed by atoms with E-state index >= 15 is 0 Å². The first-order valence-corrected chi connectivity index (χ1v) is 8.04. The zero-order valence-electron chi connectivity index (χ0n) is 13.6. The number of nitrogens with zero attached hydrogens (tertiary/aromatic N) is 2. The summed E-state index contributed by atoms with van der Waals surface area (Å²) >= 11 is 0. The first kappa shape index (κ1) is 15.1. The van der Waals surface area contributed by atoms with Gasteiger partial charge in [0, 0.05) is 27.1 Å². The minimum Gasteiger partial charge on any atom is -0.345 e. The van der Waals surface area contributed by atoms with Crippen LogP contribution in [0, 0.1) is 18.8 Å². The molecule has 2 fully saturated rings. The smallest absolute Gasteiger partial charge is 0.228 e. The molecule has 2 amide bonds. The summed E-state index contributed by atoms with van der Waals surface area (Å²) in [6, 6.07) is 8.03. The monoisotopic (exact) mass is 300 g/mol. The minimum absolute atomic E-state index is 0.0590. The van der Waals surface area contributed by atoms with E-state index < -0.39 is 0 Å². The van der Waals surface area contributed by atoms with Gasteiger partial charge < -0.3 is 9.80 Å². The second-order valence-corrected chi connectivity index (χ2v) is 6.83. The highest BCUT2D eigenvalue weighted by Gasteiger charge is 2.44. The molecule has 1 heterocycles. The summed E-state index contributed by atoms with van der Waals surface area (Å²) in [5, 5.41) is 0. The van der Waals surface area contributed by atoms with E-state index in [1.807, 2.05) is 43.1 Å². The van der Waals surface area contributed by atoms with Crippen molar-refractivity contribution in [1.29, 1.82) is 0 Å².